The van der Waals surface area contributed by atoms with Crippen LogP contribution in [0.3, 0.4) is 0 Å². The van der Waals surface area contributed by atoms with Crippen LogP contribution in [0.2, 0.25) is 0 Å². The van der Waals surface area contributed by atoms with E-state index in [9.17, 15) is 0 Å². The summed E-state index contributed by atoms with van der Waals surface area (Å²) in [5.41, 5.74) is 7.45. The van der Waals surface area contributed by atoms with E-state index in [2.05, 4.69) is 9.97 Å². The molecule has 0 spiro atoms. The quantitative estimate of drug-likeness (QED) is 0.731. The summed E-state index contributed by atoms with van der Waals surface area (Å²) in [5, 5.41) is 2.03. The molecule has 0 aliphatic rings. The highest BCUT2D eigenvalue weighted by atomic mass is 32.1. The monoisotopic (exact) mass is 230 g/mol. The topological polar surface area (TPSA) is 56.2 Å². The molecule has 0 atom stereocenters. The lowest BCUT2D eigenvalue weighted by Gasteiger charge is -1.95. The second-order valence-electron chi connectivity index (χ2n) is 3.37. The Bertz CT molecular complexity index is 612. The van der Waals surface area contributed by atoms with Crippen LogP contribution in [0.15, 0.2) is 36.0 Å². The summed E-state index contributed by atoms with van der Waals surface area (Å²) < 4.78 is 1.94. The van der Waals surface area contributed by atoms with Gasteiger partial charge in [0.05, 0.1) is 11.4 Å². The van der Waals surface area contributed by atoms with Crippen LogP contribution >= 0.6 is 11.3 Å². The Labute approximate surface area is 96.4 Å². The normalized spacial score (nSPS) is 11.1. The molecule has 5 heteroatoms. The molecule has 0 fully saturated rings. The zero-order chi connectivity index (χ0) is 11.0. The summed E-state index contributed by atoms with van der Waals surface area (Å²) in [4.78, 5) is 10.0. The minimum absolute atomic E-state index is 0.415. The van der Waals surface area contributed by atoms with Gasteiger partial charge in [-0.3, -0.25) is 4.40 Å². The lowest BCUT2D eigenvalue weighted by Crippen LogP contribution is -2.02. The van der Waals surface area contributed by atoms with E-state index in [0.29, 0.717) is 6.54 Å². The number of imidazole rings is 1. The Balaban J connectivity index is 2.33. The minimum atomic E-state index is 0.415. The molecule has 0 aromatic carbocycles. The van der Waals surface area contributed by atoms with Crippen molar-refractivity contribution in [2.24, 2.45) is 5.73 Å². The Morgan fingerprint density at radius 2 is 2.31 bits per heavy atom. The van der Waals surface area contributed by atoms with E-state index >= 15 is 0 Å². The largest absolute Gasteiger partial charge is 0.324 e. The number of nitrogens with two attached hydrogens (primary N) is 1. The fraction of sp³-hybridized carbons (Fsp3) is 0.0909. The number of hydrogen-bond donors (Lipinski definition) is 1. The molecule has 0 aliphatic heterocycles. The molecular weight excluding hydrogens is 220 g/mol. The number of thiophene rings is 1. The highest BCUT2D eigenvalue weighted by molar-refractivity contribution is 7.13. The fourth-order valence-corrected chi connectivity index (χ4v) is 2.42. The highest BCUT2D eigenvalue weighted by Gasteiger charge is 2.12. The molecule has 2 N–H and O–H groups in total. The van der Waals surface area contributed by atoms with Crippen LogP contribution in [0.1, 0.15) is 5.82 Å². The molecule has 3 aromatic rings. The van der Waals surface area contributed by atoms with Crippen molar-refractivity contribution in [1.82, 2.24) is 14.4 Å². The predicted octanol–water partition coefficient (Wildman–Crippen LogP) is 1.92. The van der Waals surface area contributed by atoms with E-state index in [4.69, 9.17) is 5.73 Å². The first-order valence-corrected chi connectivity index (χ1v) is 5.84. The number of nitrogens with zero attached hydrogens (tertiary/aromatic N) is 3. The van der Waals surface area contributed by atoms with Gasteiger partial charge >= 0.3 is 0 Å². The van der Waals surface area contributed by atoms with Gasteiger partial charge in [-0.2, -0.15) is 0 Å². The van der Waals surface area contributed by atoms with Gasteiger partial charge in [0.25, 0.3) is 0 Å². The fourth-order valence-electron chi connectivity index (χ4n) is 1.71. The molecule has 3 heterocycles. The second-order valence-corrected chi connectivity index (χ2v) is 4.32. The maximum Gasteiger partial charge on any atom is 0.165 e. The molecule has 16 heavy (non-hydrogen) atoms. The molecule has 3 aromatic heterocycles. The molecule has 0 saturated carbocycles. The average molecular weight is 230 g/mol. The smallest absolute Gasteiger partial charge is 0.165 e. The molecular formula is C11H10N4S. The number of fused-ring (bicyclic) bond motifs is 1. The molecule has 3 rings (SSSR count). The van der Waals surface area contributed by atoms with Gasteiger partial charge in [-0.05, 0) is 17.5 Å². The van der Waals surface area contributed by atoms with Crippen LogP contribution < -0.4 is 5.73 Å². The molecule has 0 unspecified atom stereocenters. The van der Waals surface area contributed by atoms with E-state index in [0.717, 1.165) is 22.0 Å². The zero-order valence-corrected chi connectivity index (χ0v) is 9.31. The van der Waals surface area contributed by atoms with E-state index in [1.807, 2.05) is 34.2 Å². The molecule has 0 saturated heterocycles. The van der Waals surface area contributed by atoms with Gasteiger partial charge in [0, 0.05) is 12.4 Å². The third kappa shape index (κ3) is 1.33. The van der Waals surface area contributed by atoms with Crippen LogP contribution in [0.5, 0.6) is 0 Å². The summed E-state index contributed by atoms with van der Waals surface area (Å²) in [6, 6.07) is 5.93. The lowest BCUT2D eigenvalue weighted by atomic mass is 10.3. The van der Waals surface area contributed by atoms with Crippen molar-refractivity contribution in [3.05, 3.63) is 41.8 Å². The first-order chi connectivity index (χ1) is 7.90. The molecule has 80 valence electrons. The van der Waals surface area contributed by atoms with Crippen molar-refractivity contribution < 1.29 is 0 Å². The predicted molar refractivity (Wildman–Crippen MR) is 64.2 cm³/mol. The molecule has 0 amide bonds. The highest BCUT2D eigenvalue weighted by Crippen LogP contribution is 2.27. The Kier molecular flexibility index (Phi) is 2.19. The first-order valence-electron chi connectivity index (χ1n) is 4.96. The van der Waals surface area contributed by atoms with Crippen LogP contribution in [0, 0.1) is 0 Å². The first kappa shape index (κ1) is 9.50. The van der Waals surface area contributed by atoms with E-state index in [1.54, 1.807) is 17.5 Å². The van der Waals surface area contributed by atoms with Crippen LogP contribution in [0.4, 0.5) is 0 Å². The summed E-state index contributed by atoms with van der Waals surface area (Å²) >= 11 is 1.66. The number of rotatable bonds is 2. The van der Waals surface area contributed by atoms with Crippen molar-refractivity contribution in [3.8, 4) is 10.6 Å². The summed E-state index contributed by atoms with van der Waals surface area (Å²) in [6.07, 6.45) is 3.71. The Morgan fingerprint density at radius 3 is 3.06 bits per heavy atom. The van der Waals surface area contributed by atoms with Crippen LogP contribution in [-0.4, -0.2) is 14.4 Å². The summed E-state index contributed by atoms with van der Waals surface area (Å²) in [5.74, 6) is 0.839. The third-order valence-electron chi connectivity index (χ3n) is 2.41. The number of hydrogen-bond acceptors (Lipinski definition) is 4. The van der Waals surface area contributed by atoms with Gasteiger partial charge in [0.2, 0.25) is 0 Å². The minimum Gasteiger partial charge on any atom is -0.324 e. The zero-order valence-electron chi connectivity index (χ0n) is 8.50. The SMILES string of the molecule is NCc1nc(-c2cccs2)c2ncccn12. The van der Waals surface area contributed by atoms with Crippen LogP contribution in [-0.2, 0) is 6.54 Å². The van der Waals surface area contributed by atoms with E-state index < -0.39 is 0 Å². The number of aromatic nitrogens is 3. The summed E-state index contributed by atoms with van der Waals surface area (Å²) in [6.45, 7) is 0.415. The van der Waals surface area contributed by atoms with Gasteiger partial charge in [-0.1, -0.05) is 6.07 Å². The molecule has 0 bridgehead atoms. The van der Waals surface area contributed by atoms with Gasteiger partial charge in [0.15, 0.2) is 5.65 Å². The second kappa shape index (κ2) is 3.70. The van der Waals surface area contributed by atoms with Crippen molar-refractivity contribution in [2.75, 3.05) is 0 Å². The maximum atomic E-state index is 5.67. The Hall–Kier alpha value is -1.72. The van der Waals surface area contributed by atoms with Crippen molar-refractivity contribution in [1.29, 1.82) is 0 Å². The van der Waals surface area contributed by atoms with Gasteiger partial charge in [-0.15, -0.1) is 11.3 Å². The van der Waals surface area contributed by atoms with Gasteiger partial charge < -0.3 is 5.73 Å². The summed E-state index contributed by atoms with van der Waals surface area (Å²) in [7, 11) is 0. The molecule has 4 nitrogen and oxygen atoms in total. The van der Waals surface area contributed by atoms with Crippen molar-refractivity contribution in [3.63, 3.8) is 0 Å². The van der Waals surface area contributed by atoms with E-state index in [1.165, 1.54) is 0 Å². The van der Waals surface area contributed by atoms with E-state index in [-0.39, 0.29) is 0 Å². The Morgan fingerprint density at radius 1 is 1.38 bits per heavy atom. The lowest BCUT2D eigenvalue weighted by molar-refractivity contribution is 0.898. The maximum absolute atomic E-state index is 5.67. The van der Waals surface area contributed by atoms with Gasteiger partial charge in [-0.25, -0.2) is 9.97 Å². The third-order valence-corrected chi connectivity index (χ3v) is 3.29. The van der Waals surface area contributed by atoms with Crippen molar-refractivity contribution >= 4 is 17.0 Å². The van der Waals surface area contributed by atoms with Crippen LogP contribution in [0.25, 0.3) is 16.2 Å². The van der Waals surface area contributed by atoms with Gasteiger partial charge in [0.1, 0.15) is 11.5 Å². The van der Waals surface area contributed by atoms with Crippen molar-refractivity contribution in [2.45, 2.75) is 6.54 Å². The average Bonchev–Trinajstić information content (AvgIpc) is 2.95. The molecule has 0 radical (unpaired) electrons. The molecule has 0 aliphatic carbocycles. The standard InChI is InChI=1S/C11H10N4S/c12-7-9-14-10(8-3-1-6-16-8)11-13-4-2-5-15(9)11/h1-6H,7,12H2.